The van der Waals surface area contributed by atoms with Gasteiger partial charge >= 0.3 is 0 Å². The molecule has 0 aromatic heterocycles. The third kappa shape index (κ3) is 2.30. The minimum atomic E-state index is 0.0234. The van der Waals surface area contributed by atoms with Gasteiger partial charge in [0.05, 0.1) is 11.6 Å². The molecule has 0 fully saturated rings. The molecule has 14 heavy (non-hydrogen) atoms. The van der Waals surface area contributed by atoms with E-state index in [2.05, 4.69) is 4.99 Å². The first-order valence-corrected chi connectivity index (χ1v) is 4.84. The van der Waals surface area contributed by atoms with Crippen molar-refractivity contribution >= 4 is 34.7 Å². The normalized spacial score (nSPS) is 11.8. The maximum atomic E-state index is 9.50. The maximum absolute atomic E-state index is 9.50. The predicted molar refractivity (Wildman–Crippen MR) is 59.9 cm³/mol. The Balaban J connectivity index is 3.18. The molecule has 0 aliphatic rings. The van der Waals surface area contributed by atoms with Gasteiger partial charge < -0.3 is 10.8 Å². The number of amidine groups is 1. The Hall–Kier alpha value is -0.930. The molecule has 0 aliphatic carbocycles. The number of rotatable bonds is 2. The Bertz CT molecular complexity index is 377. The molecule has 1 rings (SSSR count). The van der Waals surface area contributed by atoms with Crippen LogP contribution in [0.25, 0.3) is 0 Å². The zero-order valence-electron chi connectivity index (χ0n) is 7.59. The largest absolute Gasteiger partial charge is 0.506 e. The van der Waals surface area contributed by atoms with Gasteiger partial charge in [-0.05, 0) is 18.6 Å². The number of aliphatic imine (C=N–C) groups is 1. The van der Waals surface area contributed by atoms with Crippen LogP contribution in [0.15, 0.2) is 17.1 Å². The van der Waals surface area contributed by atoms with E-state index in [1.807, 2.05) is 0 Å². The highest BCUT2D eigenvalue weighted by atomic mass is 35.5. The van der Waals surface area contributed by atoms with Crippen molar-refractivity contribution in [3.05, 3.63) is 22.7 Å². The Morgan fingerprint density at radius 3 is 2.79 bits per heavy atom. The second kappa shape index (κ2) is 4.53. The lowest BCUT2D eigenvalue weighted by atomic mass is 10.2. The zero-order valence-corrected chi connectivity index (χ0v) is 9.10. The Morgan fingerprint density at radius 2 is 2.21 bits per heavy atom. The van der Waals surface area contributed by atoms with E-state index in [1.54, 1.807) is 19.1 Å². The summed E-state index contributed by atoms with van der Waals surface area (Å²) in [5.41, 5.74) is 6.56. The monoisotopic (exact) mass is 232 g/mol. The van der Waals surface area contributed by atoms with Crippen molar-refractivity contribution in [2.45, 2.75) is 6.92 Å². The summed E-state index contributed by atoms with van der Waals surface area (Å²) in [7, 11) is 0. The molecule has 0 saturated heterocycles. The summed E-state index contributed by atoms with van der Waals surface area (Å²) in [6, 6.07) is 3.39. The molecule has 0 unspecified atom stereocenters. The van der Waals surface area contributed by atoms with E-state index in [9.17, 15) is 5.11 Å². The summed E-state index contributed by atoms with van der Waals surface area (Å²) in [5, 5.41) is 9.69. The summed E-state index contributed by atoms with van der Waals surface area (Å²) >= 11 is 11.3. The van der Waals surface area contributed by atoms with Gasteiger partial charge in [-0.25, -0.2) is 4.99 Å². The van der Waals surface area contributed by atoms with Crippen LogP contribution in [0.3, 0.4) is 0 Å². The standard InChI is InChI=1S/C9H10Cl2N2O/c1-5-2-3-6(8(11)9(5)14)13-7(12)4-10/h2-3,14H,4H2,1H3,(H2,12,13). The molecule has 1 aromatic carbocycles. The van der Waals surface area contributed by atoms with Crippen molar-refractivity contribution in [2.75, 3.05) is 5.88 Å². The third-order valence-corrected chi connectivity index (χ3v) is 2.34. The topological polar surface area (TPSA) is 58.6 Å². The van der Waals surface area contributed by atoms with Crippen molar-refractivity contribution in [1.29, 1.82) is 0 Å². The van der Waals surface area contributed by atoms with E-state index in [0.717, 1.165) is 0 Å². The lowest BCUT2D eigenvalue weighted by molar-refractivity contribution is 0.471. The van der Waals surface area contributed by atoms with Crippen molar-refractivity contribution in [1.82, 2.24) is 0 Å². The van der Waals surface area contributed by atoms with E-state index in [1.165, 1.54) is 0 Å². The number of aryl methyl sites for hydroxylation is 1. The molecule has 0 bridgehead atoms. The Kier molecular flexibility index (Phi) is 3.61. The van der Waals surface area contributed by atoms with Crippen LogP contribution >= 0.6 is 23.2 Å². The SMILES string of the molecule is Cc1ccc(N=C(N)CCl)c(Cl)c1O. The zero-order chi connectivity index (χ0) is 10.7. The van der Waals surface area contributed by atoms with Crippen LogP contribution in [0.2, 0.25) is 5.02 Å². The summed E-state index contributed by atoms with van der Waals surface area (Å²) in [6.07, 6.45) is 0. The van der Waals surface area contributed by atoms with Crippen molar-refractivity contribution in [3.63, 3.8) is 0 Å². The second-order valence-corrected chi connectivity index (χ2v) is 3.45. The number of aromatic hydroxyl groups is 1. The molecule has 0 heterocycles. The molecule has 0 radical (unpaired) electrons. The van der Waals surface area contributed by atoms with Gasteiger partial charge in [0.25, 0.3) is 0 Å². The molecule has 0 atom stereocenters. The third-order valence-electron chi connectivity index (χ3n) is 1.70. The highest BCUT2D eigenvalue weighted by molar-refractivity contribution is 6.35. The molecule has 0 spiro atoms. The van der Waals surface area contributed by atoms with Crippen LogP contribution in [0.5, 0.6) is 5.75 Å². The highest BCUT2D eigenvalue weighted by Gasteiger charge is 2.07. The average Bonchev–Trinajstić information content (AvgIpc) is 2.19. The van der Waals surface area contributed by atoms with Crippen LogP contribution < -0.4 is 5.73 Å². The number of alkyl halides is 1. The number of phenolic OH excluding ortho intramolecular Hbond substituents is 1. The molecular weight excluding hydrogens is 223 g/mol. The minimum absolute atomic E-state index is 0.0234. The molecule has 1 aromatic rings. The first-order chi connectivity index (χ1) is 6.56. The smallest absolute Gasteiger partial charge is 0.139 e. The molecule has 5 heteroatoms. The van der Waals surface area contributed by atoms with Crippen LogP contribution in [-0.2, 0) is 0 Å². The molecular formula is C9H10Cl2N2O. The van der Waals surface area contributed by atoms with Gasteiger partial charge in [0.2, 0.25) is 0 Å². The fourth-order valence-electron chi connectivity index (χ4n) is 0.921. The number of phenols is 1. The number of hydrogen-bond acceptors (Lipinski definition) is 2. The second-order valence-electron chi connectivity index (χ2n) is 2.80. The molecule has 76 valence electrons. The van der Waals surface area contributed by atoms with E-state index in [0.29, 0.717) is 11.3 Å². The van der Waals surface area contributed by atoms with Crippen molar-refractivity contribution < 1.29 is 5.11 Å². The number of halogens is 2. The molecule has 3 nitrogen and oxygen atoms in total. The first kappa shape index (κ1) is 11.1. The summed E-state index contributed by atoms with van der Waals surface area (Å²) in [4.78, 5) is 3.95. The number of nitrogens with two attached hydrogens (primary N) is 1. The van der Waals surface area contributed by atoms with Gasteiger partial charge in [-0.2, -0.15) is 0 Å². The Morgan fingerprint density at radius 1 is 1.57 bits per heavy atom. The van der Waals surface area contributed by atoms with Crippen LogP contribution in [0.4, 0.5) is 5.69 Å². The molecule has 0 aliphatic heterocycles. The number of hydrogen-bond donors (Lipinski definition) is 2. The van der Waals surface area contributed by atoms with Gasteiger partial charge in [-0.3, -0.25) is 0 Å². The van der Waals surface area contributed by atoms with Gasteiger partial charge in [-0.1, -0.05) is 17.7 Å². The average molecular weight is 233 g/mol. The summed E-state index contributed by atoms with van der Waals surface area (Å²) < 4.78 is 0. The van der Waals surface area contributed by atoms with Gasteiger partial charge in [0.1, 0.15) is 16.6 Å². The minimum Gasteiger partial charge on any atom is -0.506 e. The van der Waals surface area contributed by atoms with E-state index < -0.39 is 0 Å². The Labute approximate surface area is 92.2 Å². The summed E-state index contributed by atoms with van der Waals surface area (Å²) in [6.45, 7) is 1.75. The predicted octanol–water partition coefficient (Wildman–Crippen LogP) is 2.58. The van der Waals surface area contributed by atoms with Crippen LogP contribution in [-0.4, -0.2) is 16.8 Å². The molecule has 0 amide bonds. The van der Waals surface area contributed by atoms with Crippen molar-refractivity contribution in [2.24, 2.45) is 10.7 Å². The summed E-state index contributed by atoms with van der Waals surface area (Å²) in [5.74, 6) is 0.414. The number of nitrogens with zero attached hydrogens (tertiary/aromatic N) is 1. The quantitative estimate of drug-likeness (QED) is 0.468. The highest BCUT2D eigenvalue weighted by Crippen LogP contribution is 2.35. The lowest BCUT2D eigenvalue weighted by Crippen LogP contribution is -2.12. The van der Waals surface area contributed by atoms with E-state index in [-0.39, 0.29) is 22.5 Å². The maximum Gasteiger partial charge on any atom is 0.139 e. The first-order valence-electron chi connectivity index (χ1n) is 3.93. The van der Waals surface area contributed by atoms with Gasteiger partial charge in [0, 0.05) is 0 Å². The number of benzene rings is 1. The lowest BCUT2D eigenvalue weighted by Gasteiger charge is -2.04. The van der Waals surface area contributed by atoms with E-state index in [4.69, 9.17) is 28.9 Å². The van der Waals surface area contributed by atoms with Crippen molar-refractivity contribution in [3.8, 4) is 5.75 Å². The molecule has 0 saturated carbocycles. The fraction of sp³-hybridized carbons (Fsp3) is 0.222. The van der Waals surface area contributed by atoms with Crippen LogP contribution in [0, 0.1) is 6.92 Å². The van der Waals surface area contributed by atoms with Gasteiger partial charge in [0.15, 0.2) is 0 Å². The van der Waals surface area contributed by atoms with Crippen LogP contribution in [0.1, 0.15) is 5.56 Å². The fourth-order valence-corrected chi connectivity index (χ4v) is 1.24. The van der Waals surface area contributed by atoms with E-state index >= 15 is 0 Å². The molecule has 3 N–H and O–H groups in total. The van der Waals surface area contributed by atoms with Gasteiger partial charge in [-0.15, -0.1) is 11.6 Å².